The van der Waals surface area contributed by atoms with E-state index in [2.05, 4.69) is 10.3 Å². The first kappa shape index (κ1) is 15.8. The van der Waals surface area contributed by atoms with E-state index in [-0.39, 0.29) is 5.91 Å². The Bertz CT molecular complexity index is 866. The van der Waals surface area contributed by atoms with Crippen LogP contribution in [0.5, 0.6) is 11.5 Å². The van der Waals surface area contributed by atoms with E-state index in [1.807, 2.05) is 42.5 Å². The molecule has 1 amide bonds. The second-order valence-corrected chi connectivity index (χ2v) is 7.08. The summed E-state index contributed by atoms with van der Waals surface area (Å²) < 4.78 is 5.79. The van der Waals surface area contributed by atoms with Gasteiger partial charge in [-0.25, -0.2) is 4.98 Å². The highest BCUT2D eigenvalue weighted by Crippen LogP contribution is 2.30. The Kier molecular flexibility index (Phi) is 4.48. The fraction of sp³-hybridized carbons (Fsp3) is 0.200. The van der Waals surface area contributed by atoms with E-state index >= 15 is 0 Å². The number of ether oxygens (including phenoxy) is 1. The maximum Gasteiger partial charge on any atom is 0.257 e. The number of fused-ring (bicyclic) bond motifs is 1. The number of carbonyl (C=O) groups is 1. The van der Waals surface area contributed by atoms with Crippen molar-refractivity contribution in [1.82, 2.24) is 4.98 Å². The third kappa shape index (κ3) is 3.72. The van der Waals surface area contributed by atoms with Crippen molar-refractivity contribution < 1.29 is 9.53 Å². The molecule has 0 bridgehead atoms. The predicted molar refractivity (Wildman–Crippen MR) is 99.7 cm³/mol. The first-order chi connectivity index (χ1) is 12.3. The first-order valence-corrected chi connectivity index (χ1v) is 9.22. The molecule has 1 aromatic heterocycles. The summed E-state index contributed by atoms with van der Waals surface area (Å²) in [6, 6.07) is 16.7. The molecule has 0 fully saturated rings. The number of benzene rings is 2. The van der Waals surface area contributed by atoms with E-state index in [4.69, 9.17) is 4.74 Å². The molecule has 0 atom stereocenters. The van der Waals surface area contributed by atoms with Crippen molar-refractivity contribution >= 4 is 22.4 Å². The molecule has 4 nitrogen and oxygen atoms in total. The first-order valence-electron chi connectivity index (χ1n) is 8.41. The molecule has 1 heterocycles. The monoisotopic (exact) mass is 350 g/mol. The molecule has 0 aliphatic heterocycles. The fourth-order valence-electron chi connectivity index (χ4n) is 2.90. The lowest BCUT2D eigenvalue weighted by Gasteiger charge is -2.07. The van der Waals surface area contributed by atoms with Gasteiger partial charge in [0, 0.05) is 10.4 Å². The van der Waals surface area contributed by atoms with E-state index in [1.165, 1.54) is 17.7 Å². The zero-order valence-electron chi connectivity index (χ0n) is 13.7. The summed E-state index contributed by atoms with van der Waals surface area (Å²) in [5.74, 6) is 1.22. The van der Waals surface area contributed by atoms with Crippen molar-refractivity contribution in [3.8, 4) is 11.5 Å². The minimum Gasteiger partial charge on any atom is -0.457 e. The quantitative estimate of drug-likeness (QED) is 0.715. The van der Waals surface area contributed by atoms with Crippen LogP contribution in [-0.4, -0.2) is 10.9 Å². The molecule has 1 aliphatic rings. The zero-order valence-corrected chi connectivity index (χ0v) is 14.5. The molecule has 5 heteroatoms. The van der Waals surface area contributed by atoms with Crippen molar-refractivity contribution in [2.75, 3.05) is 5.32 Å². The molecule has 0 unspecified atom stereocenters. The van der Waals surface area contributed by atoms with Gasteiger partial charge < -0.3 is 4.74 Å². The van der Waals surface area contributed by atoms with Crippen LogP contribution in [-0.2, 0) is 12.8 Å². The zero-order chi connectivity index (χ0) is 17.1. The number of para-hydroxylation sites is 1. The highest BCUT2D eigenvalue weighted by molar-refractivity contribution is 7.15. The number of carbonyl (C=O) groups excluding carboxylic acids is 1. The highest BCUT2D eigenvalue weighted by atomic mass is 32.1. The van der Waals surface area contributed by atoms with Gasteiger partial charge >= 0.3 is 0 Å². The largest absolute Gasteiger partial charge is 0.457 e. The van der Waals surface area contributed by atoms with Gasteiger partial charge in [0.2, 0.25) is 0 Å². The van der Waals surface area contributed by atoms with Gasteiger partial charge in [-0.3, -0.25) is 10.1 Å². The van der Waals surface area contributed by atoms with Crippen LogP contribution in [0.15, 0.2) is 54.6 Å². The summed E-state index contributed by atoms with van der Waals surface area (Å²) in [7, 11) is 0. The lowest BCUT2D eigenvalue weighted by molar-refractivity contribution is 0.102. The van der Waals surface area contributed by atoms with Gasteiger partial charge in [0.25, 0.3) is 5.91 Å². The van der Waals surface area contributed by atoms with Gasteiger partial charge in [-0.05, 0) is 56.0 Å². The van der Waals surface area contributed by atoms with Gasteiger partial charge in [0.1, 0.15) is 11.5 Å². The third-order valence-electron chi connectivity index (χ3n) is 4.14. The number of nitrogens with zero attached hydrogens (tertiary/aromatic N) is 1. The molecule has 0 saturated heterocycles. The lowest BCUT2D eigenvalue weighted by Crippen LogP contribution is -2.11. The molecule has 1 aliphatic carbocycles. The average molecular weight is 350 g/mol. The molecule has 3 aromatic rings. The number of amides is 1. The fourth-order valence-corrected chi connectivity index (χ4v) is 3.95. The molecular formula is C20H18N2O2S. The minimum absolute atomic E-state index is 0.162. The van der Waals surface area contributed by atoms with E-state index < -0.39 is 0 Å². The molecule has 0 spiro atoms. The van der Waals surface area contributed by atoms with Crippen LogP contribution in [0.1, 0.15) is 33.8 Å². The minimum atomic E-state index is -0.162. The van der Waals surface area contributed by atoms with Crippen molar-refractivity contribution in [3.05, 3.63) is 70.7 Å². The maximum absolute atomic E-state index is 12.5. The van der Waals surface area contributed by atoms with E-state index in [0.29, 0.717) is 16.4 Å². The number of nitrogens with one attached hydrogen (secondary N) is 1. The van der Waals surface area contributed by atoms with Gasteiger partial charge in [-0.15, -0.1) is 11.3 Å². The van der Waals surface area contributed by atoms with Crippen molar-refractivity contribution in [3.63, 3.8) is 0 Å². The van der Waals surface area contributed by atoms with Crippen LogP contribution in [0.3, 0.4) is 0 Å². The third-order valence-corrected chi connectivity index (χ3v) is 5.21. The van der Waals surface area contributed by atoms with Crippen LogP contribution in [0.25, 0.3) is 0 Å². The van der Waals surface area contributed by atoms with Crippen LogP contribution in [0.4, 0.5) is 5.13 Å². The predicted octanol–water partition coefficient (Wildman–Crippen LogP) is 5.07. The Labute approximate surface area is 150 Å². The summed E-state index contributed by atoms with van der Waals surface area (Å²) in [6.07, 6.45) is 4.48. The van der Waals surface area contributed by atoms with Gasteiger partial charge in [0.05, 0.1) is 5.69 Å². The number of aromatic nitrogens is 1. The Balaban J connectivity index is 1.48. The molecular weight excluding hydrogens is 332 g/mol. The lowest BCUT2D eigenvalue weighted by atomic mass is 10.0. The summed E-state index contributed by atoms with van der Waals surface area (Å²) >= 11 is 1.59. The topological polar surface area (TPSA) is 51.2 Å². The summed E-state index contributed by atoms with van der Waals surface area (Å²) in [6.45, 7) is 0. The van der Waals surface area contributed by atoms with Crippen molar-refractivity contribution in [2.24, 2.45) is 0 Å². The van der Waals surface area contributed by atoms with Crippen molar-refractivity contribution in [1.29, 1.82) is 0 Å². The van der Waals surface area contributed by atoms with Crippen LogP contribution in [0, 0.1) is 0 Å². The molecule has 4 rings (SSSR count). The van der Waals surface area contributed by atoms with Crippen LogP contribution in [0.2, 0.25) is 0 Å². The standard InChI is InChI=1S/C20H18N2O2S/c23-19(22-20-21-17-11-4-5-12-18(17)25-20)14-7-6-10-16(13-14)24-15-8-2-1-3-9-15/h1-3,6-10,13H,4-5,11-12H2,(H,21,22,23). The number of aryl methyl sites for hydroxylation is 2. The number of thiazole rings is 1. The SMILES string of the molecule is O=C(Nc1nc2c(s1)CCCC2)c1cccc(Oc2ccccc2)c1. The normalized spacial score (nSPS) is 13.1. The van der Waals surface area contributed by atoms with Crippen molar-refractivity contribution in [2.45, 2.75) is 25.7 Å². The Morgan fingerprint density at radius 3 is 2.64 bits per heavy atom. The summed E-state index contributed by atoms with van der Waals surface area (Å²) in [4.78, 5) is 18.4. The summed E-state index contributed by atoms with van der Waals surface area (Å²) in [5, 5.41) is 3.61. The Morgan fingerprint density at radius 1 is 1.00 bits per heavy atom. The second-order valence-electron chi connectivity index (χ2n) is 5.99. The Hall–Kier alpha value is -2.66. The van der Waals surface area contributed by atoms with E-state index in [0.717, 1.165) is 24.3 Å². The smallest absolute Gasteiger partial charge is 0.257 e. The van der Waals surface area contributed by atoms with E-state index in [9.17, 15) is 4.79 Å². The Morgan fingerprint density at radius 2 is 1.80 bits per heavy atom. The maximum atomic E-state index is 12.5. The van der Waals surface area contributed by atoms with Crippen LogP contribution >= 0.6 is 11.3 Å². The molecule has 126 valence electrons. The van der Waals surface area contributed by atoms with Gasteiger partial charge in [-0.2, -0.15) is 0 Å². The van der Waals surface area contributed by atoms with Gasteiger partial charge in [-0.1, -0.05) is 24.3 Å². The van der Waals surface area contributed by atoms with Gasteiger partial charge in [0.15, 0.2) is 5.13 Å². The molecule has 25 heavy (non-hydrogen) atoms. The molecule has 0 saturated carbocycles. The number of hydrogen-bond acceptors (Lipinski definition) is 4. The number of hydrogen-bond donors (Lipinski definition) is 1. The number of anilines is 1. The van der Waals surface area contributed by atoms with Crippen LogP contribution < -0.4 is 10.1 Å². The molecule has 1 N–H and O–H groups in total. The second kappa shape index (κ2) is 7.07. The summed E-state index contributed by atoms with van der Waals surface area (Å²) in [5.41, 5.74) is 1.70. The average Bonchev–Trinajstić information content (AvgIpc) is 3.05. The molecule has 2 aromatic carbocycles. The number of rotatable bonds is 4. The van der Waals surface area contributed by atoms with E-state index in [1.54, 1.807) is 23.5 Å². The highest BCUT2D eigenvalue weighted by Gasteiger charge is 2.17. The molecule has 0 radical (unpaired) electrons.